The summed E-state index contributed by atoms with van der Waals surface area (Å²) in [5.41, 5.74) is 5.47. The molecular weight excluding hydrogens is 198 g/mol. The van der Waals surface area contributed by atoms with Crippen molar-refractivity contribution in [1.82, 2.24) is 4.90 Å². The lowest BCUT2D eigenvalue weighted by atomic mass is 9.88. The second-order valence-electron chi connectivity index (χ2n) is 5.66. The van der Waals surface area contributed by atoms with E-state index in [-0.39, 0.29) is 5.41 Å². The fraction of sp³-hybridized carbons (Fsp3) is 0.923. The van der Waals surface area contributed by atoms with E-state index in [1.807, 2.05) is 0 Å². The van der Waals surface area contributed by atoms with E-state index in [0.29, 0.717) is 5.84 Å². The van der Waals surface area contributed by atoms with Gasteiger partial charge in [-0.2, -0.15) is 0 Å². The van der Waals surface area contributed by atoms with Crippen LogP contribution in [-0.4, -0.2) is 30.4 Å². The van der Waals surface area contributed by atoms with Crippen LogP contribution < -0.4 is 5.73 Å². The van der Waals surface area contributed by atoms with Gasteiger partial charge in [0.15, 0.2) is 0 Å². The van der Waals surface area contributed by atoms with E-state index < -0.39 is 0 Å². The molecule has 16 heavy (non-hydrogen) atoms. The van der Waals surface area contributed by atoms with Crippen LogP contribution in [0.2, 0.25) is 0 Å². The number of nitrogens with two attached hydrogens (primary N) is 1. The van der Waals surface area contributed by atoms with E-state index in [4.69, 9.17) is 11.1 Å². The Bertz CT molecular complexity index is 215. The monoisotopic (exact) mass is 225 g/mol. The Morgan fingerprint density at radius 1 is 1.12 bits per heavy atom. The van der Waals surface area contributed by atoms with Crippen molar-refractivity contribution in [2.24, 2.45) is 11.1 Å². The van der Waals surface area contributed by atoms with Crippen molar-refractivity contribution < 1.29 is 0 Å². The molecule has 94 valence electrons. The summed E-state index contributed by atoms with van der Waals surface area (Å²) < 4.78 is 0. The Balaban J connectivity index is 2.32. The van der Waals surface area contributed by atoms with Gasteiger partial charge in [-0.25, -0.2) is 0 Å². The van der Waals surface area contributed by atoms with Gasteiger partial charge in [0.25, 0.3) is 0 Å². The van der Waals surface area contributed by atoms with E-state index in [1.54, 1.807) is 0 Å². The third-order valence-electron chi connectivity index (χ3n) is 3.73. The molecule has 1 fully saturated rings. The van der Waals surface area contributed by atoms with Crippen molar-refractivity contribution in [1.29, 1.82) is 5.41 Å². The highest BCUT2D eigenvalue weighted by molar-refractivity contribution is 5.82. The van der Waals surface area contributed by atoms with Crippen LogP contribution in [0.4, 0.5) is 0 Å². The van der Waals surface area contributed by atoms with Crippen molar-refractivity contribution in [3.8, 4) is 0 Å². The zero-order valence-corrected chi connectivity index (χ0v) is 10.9. The Morgan fingerprint density at radius 3 is 2.12 bits per heavy atom. The number of nitrogens with zero attached hydrogens (tertiary/aromatic N) is 1. The number of likely N-dealkylation sites (tertiary alicyclic amines) is 1. The van der Waals surface area contributed by atoms with Crippen LogP contribution in [0.5, 0.6) is 0 Å². The minimum absolute atomic E-state index is 0.137. The number of hydrogen-bond donors (Lipinski definition) is 2. The van der Waals surface area contributed by atoms with Crippen LogP contribution in [0.25, 0.3) is 0 Å². The summed E-state index contributed by atoms with van der Waals surface area (Å²) in [7, 11) is 0. The second kappa shape index (κ2) is 6.24. The molecule has 0 radical (unpaired) electrons. The Labute approximate surface area is 99.9 Å². The highest BCUT2D eigenvalue weighted by Crippen LogP contribution is 2.21. The van der Waals surface area contributed by atoms with Gasteiger partial charge < -0.3 is 10.6 Å². The van der Waals surface area contributed by atoms with E-state index in [1.165, 1.54) is 45.2 Å². The van der Waals surface area contributed by atoms with Crippen LogP contribution in [0.3, 0.4) is 0 Å². The van der Waals surface area contributed by atoms with Gasteiger partial charge in [0.1, 0.15) is 0 Å². The third kappa shape index (κ3) is 4.52. The molecule has 1 rings (SSSR count). The van der Waals surface area contributed by atoms with Crippen LogP contribution in [0.1, 0.15) is 52.4 Å². The predicted molar refractivity (Wildman–Crippen MR) is 69.8 cm³/mol. The van der Waals surface area contributed by atoms with Gasteiger partial charge in [0.05, 0.1) is 5.84 Å². The van der Waals surface area contributed by atoms with Crippen molar-refractivity contribution >= 4 is 5.84 Å². The molecule has 0 unspecified atom stereocenters. The average Bonchev–Trinajstić information content (AvgIpc) is 2.15. The highest BCUT2D eigenvalue weighted by atomic mass is 15.1. The Hall–Kier alpha value is -0.570. The van der Waals surface area contributed by atoms with Gasteiger partial charge >= 0.3 is 0 Å². The molecule has 3 N–H and O–H groups in total. The minimum atomic E-state index is -0.137. The molecule has 3 nitrogen and oxygen atoms in total. The standard InChI is InChI=1S/C13H27N3/c1-13(2,12(14)15)8-11-16-9-6-4-3-5-7-10-16/h3-11H2,1-2H3,(H3,14,15). The Kier molecular flexibility index (Phi) is 5.26. The normalized spacial score (nSPS) is 20.1. The number of hydrogen-bond acceptors (Lipinski definition) is 2. The molecule has 0 amide bonds. The van der Waals surface area contributed by atoms with Crippen molar-refractivity contribution in [2.75, 3.05) is 19.6 Å². The van der Waals surface area contributed by atoms with Crippen LogP contribution in [0, 0.1) is 10.8 Å². The Morgan fingerprint density at radius 2 is 1.62 bits per heavy atom. The first kappa shape index (κ1) is 13.5. The lowest BCUT2D eigenvalue weighted by Gasteiger charge is -2.29. The SMILES string of the molecule is CC(C)(CCN1CCCCCCC1)C(=N)N. The molecule has 0 aromatic rings. The molecule has 1 aliphatic rings. The van der Waals surface area contributed by atoms with Gasteiger partial charge in [-0.3, -0.25) is 5.41 Å². The molecule has 0 aliphatic carbocycles. The second-order valence-corrected chi connectivity index (χ2v) is 5.66. The topological polar surface area (TPSA) is 53.1 Å². The summed E-state index contributed by atoms with van der Waals surface area (Å²) in [5.74, 6) is 0.319. The van der Waals surface area contributed by atoms with Gasteiger partial charge in [0.2, 0.25) is 0 Å². The number of amidine groups is 1. The number of nitrogens with one attached hydrogen (secondary N) is 1. The van der Waals surface area contributed by atoms with Crippen molar-refractivity contribution in [3.05, 3.63) is 0 Å². The maximum Gasteiger partial charge on any atom is 0.0963 e. The molecule has 1 heterocycles. The van der Waals surface area contributed by atoms with Crippen molar-refractivity contribution in [2.45, 2.75) is 52.4 Å². The molecule has 3 heteroatoms. The summed E-state index contributed by atoms with van der Waals surface area (Å²) in [6.45, 7) is 7.69. The summed E-state index contributed by atoms with van der Waals surface area (Å²) in [5, 5.41) is 7.55. The maximum absolute atomic E-state index is 7.55. The van der Waals surface area contributed by atoms with Crippen molar-refractivity contribution in [3.63, 3.8) is 0 Å². The van der Waals surface area contributed by atoms with Crippen LogP contribution in [-0.2, 0) is 0 Å². The minimum Gasteiger partial charge on any atom is -0.387 e. The van der Waals surface area contributed by atoms with Gasteiger partial charge in [-0.15, -0.1) is 0 Å². The predicted octanol–water partition coefficient (Wildman–Crippen LogP) is 2.60. The fourth-order valence-electron chi connectivity index (χ4n) is 2.11. The third-order valence-corrected chi connectivity index (χ3v) is 3.73. The first-order valence-corrected chi connectivity index (χ1v) is 6.59. The zero-order chi connectivity index (χ0) is 12.0. The molecule has 0 spiro atoms. The van der Waals surface area contributed by atoms with E-state index in [9.17, 15) is 0 Å². The largest absolute Gasteiger partial charge is 0.387 e. The maximum atomic E-state index is 7.55. The smallest absolute Gasteiger partial charge is 0.0963 e. The summed E-state index contributed by atoms with van der Waals surface area (Å²) >= 11 is 0. The molecule has 1 saturated heterocycles. The molecule has 0 aromatic carbocycles. The van der Waals surface area contributed by atoms with E-state index in [2.05, 4.69) is 18.7 Å². The summed E-state index contributed by atoms with van der Waals surface area (Å²) in [6, 6.07) is 0. The molecule has 0 aromatic heterocycles. The van der Waals surface area contributed by atoms with Gasteiger partial charge in [-0.1, -0.05) is 33.1 Å². The van der Waals surface area contributed by atoms with Gasteiger partial charge in [-0.05, 0) is 38.9 Å². The van der Waals surface area contributed by atoms with E-state index in [0.717, 1.165) is 13.0 Å². The van der Waals surface area contributed by atoms with Crippen LogP contribution >= 0.6 is 0 Å². The molecule has 0 saturated carbocycles. The van der Waals surface area contributed by atoms with Gasteiger partial charge in [0, 0.05) is 5.41 Å². The molecular formula is C13H27N3. The van der Waals surface area contributed by atoms with E-state index >= 15 is 0 Å². The zero-order valence-electron chi connectivity index (χ0n) is 10.9. The lowest BCUT2D eigenvalue weighted by molar-refractivity contribution is 0.224. The average molecular weight is 225 g/mol. The first-order chi connectivity index (χ1) is 7.52. The number of rotatable bonds is 4. The highest BCUT2D eigenvalue weighted by Gasteiger charge is 2.22. The molecule has 0 atom stereocenters. The quantitative estimate of drug-likeness (QED) is 0.571. The molecule has 1 aliphatic heterocycles. The molecule has 0 bridgehead atoms. The first-order valence-electron chi connectivity index (χ1n) is 6.59. The summed E-state index contributed by atoms with van der Waals surface area (Å²) in [6.07, 6.45) is 7.84. The van der Waals surface area contributed by atoms with Crippen LogP contribution in [0.15, 0.2) is 0 Å². The summed E-state index contributed by atoms with van der Waals surface area (Å²) in [4.78, 5) is 2.55. The lowest BCUT2D eigenvalue weighted by Crippen LogP contribution is -2.36. The fourth-order valence-corrected chi connectivity index (χ4v) is 2.11.